The lowest BCUT2D eigenvalue weighted by Crippen LogP contribution is -2.13. The highest BCUT2D eigenvalue weighted by Gasteiger charge is 2.18. The molecule has 0 amide bonds. The van der Waals surface area contributed by atoms with E-state index in [0.717, 1.165) is 9.65 Å². The molecular formula is C11H13N3O3S. The predicted molar refractivity (Wildman–Crippen MR) is 64.6 cm³/mol. The average Bonchev–Trinajstić information content (AvgIpc) is 2.79. The van der Waals surface area contributed by atoms with Crippen LogP contribution in [0.4, 0.5) is 0 Å². The standard InChI is InChI=1S/C11H13N3O3S/c1-9-2-4-11(5-3-9)18(16,17)14-8-10(6-7-15)12-13-14/h2-5,8,15H,6-7H2,1H3. The molecule has 1 aromatic heterocycles. The van der Waals surface area contributed by atoms with Crippen LogP contribution in [-0.4, -0.2) is 34.5 Å². The predicted octanol–water partition coefficient (Wildman–Crippen LogP) is 0.358. The molecule has 0 aliphatic carbocycles. The molecule has 0 atom stereocenters. The first-order chi connectivity index (χ1) is 8.54. The molecule has 2 rings (SSSR count). The van der Waals surface area contributed by atoms with E-state index in [1.807, 2.05) is 6.92 Å². The van der Waals surface area contributed by atoms with Gasteiger partial charge in [0.2, 0.25) is 0 Å². The van der Waals surface area contributed by atoms with Gasteiger partial charge in [0.05, 0.1) is 16.8 Å². The summed E-state index contributed by atoms with van der Waals surface area (Å²) in [5, 5.41) is 16.0. The first-order valence-corrected chi connectivity index (χ1v) is 6.82. The molecule has 0 fully saturated rings. The summed E-state index contributed by atoms with van der Waals surface area (Å²) in [6, 6.07) is 6.49. The average molecular weight is 267 g/mol. The number of hydrogen-bond donors (Lipinski definition) is 1. The van der Waals surface area contributed by atoms with Gasteiger partial charge < -0.3 is 5.11 Å². The summed E-state index contributed by atoms with van der Waals surface area (Å²) in [4.78, 5) is 0.161. The van der Waals surface area contributed by atoms with E-state index in [1.165, 1.54) is 18.3 Å². The number of aromatic nitrogens is 3. The first-order valence-electron chi connectivity index (χ1n) is 5.38. The van der Waals surface area contributed by atoms with Crippen LogP contribution in [-0.2, 0) is 16.4 Å². The zero-order valence-electron chi connectivity index (χ0n) is 9.81. The first kappa shape index (κ1) is 12.7. The molecule has 0 aliphatic rings. The van der Waals surface area contributed by atoms with Gasteiger partial charge in [-0.05, 0) is 19.1 Å². The zero-order valence-corrected chi connectivity index (χ0v) is 10.6. The van der Waals surface area contributed by atoms with Crippen molar-refractivity contribution in [3.8, 4) is 0 Å². The van der Waals surface area contributed by atoms with Crippen LogP contribution in [0.25, 0.3) is 0 Å². The minimum atomic E-state index is -3.69. The minimum absolute atomic E-state index is 0.0940. The van der Waals surface area contributed by atoms with Crippen LogP contribution in [0.2, 0.25) is 0 Å². The number of hydrogen-bond acceptors (Lipinski definition) is 5. The number of rotatable bonds is 4. The summed E-state index contributed by atoms with van der Waals surface area (Å²) >= 11 is 0. The summed E-state index contributed by atoms with van der Waals surface area (Å²) in [7, 11) is -3.69. The van der Waals surface area contributed by atoms with Gasteiger partial charge in [-0.3, -0.25) is 0 Å². The van der Waals surface area contributed by atoms with Crippen molar-refractivity contribution < 1.29 is 13.5 Å². The van der Waals surface area contributed by atoms with E-state index in [0.29, 0.717) is 5.69 Å². The Morgan fingerprint density at radius 2 is 1.94 bits per heavy atom. The Hall–Kier alpha value is -1.73. The Bertz CT molecular complexity index is 632. The normalized spacial score (nSPS) is 11.7. The number of nitrogens with zero attached hydrogens (tertiary/aromatic N) is 3. The van der Waals surface area contributed by atoms with Crippen LogP contribution in [0.15, 0.2) is 35.4 Å². The maximum atomic E-state index is 12.2. The van der Waals surface area contributed by atoms with Gasteiger partial charge in [-0.2, -0.15) is 8.42 Å². The molecule has 18 heavy (non-hydrogen) atoms. The smallest absolute Gasteiger partial charge is 0.284 e. The van der Waals surface area contributed by atoms with E-state index in [1.54, 1.807) is 12.1 Å². The molecule has 0 unspecified atom stereocenters. The van der Waals surface area contributed by atoms with Crippen LogP contribution in [0.3, 0.4) is 0 Å². The molecule has 0 aliphatic heterocycles. The van der Waals surface area contributed by atoms with E-state index in [4.69, 9.17) is 5.11 Å². The van der Waals surface area contributed by atoms with E-state index in [9.17, 15) is 8.42 Å². The zero-order chi connectivity index (χ0) is 13.2. The topological polar surface area (TPSA) is 85.1 Å². The monoisotopic (exact) mass is 267 g/mol. The molecule has 0 saturated carbocycles. The number of benzene rings is 1. The summed E-state index contributed by atoms with van der Waals surface area (Å²) in [6.45, 7) is 1.79. The maximum Gasteiger partial charge on any atom is 0.284 e. The molecule has 6 nitrogen and oxygen atoms in total. The fourth-order valence-electron chi connectivity index (χ4n) is 1.45. The van der Waals surface area contributed by atoms with Crippen LogP contribution in [0.1, 0.15) is 11.3 Å². The fraction of sp³-hybridized carbons (Fsp3) is 0.273. The largest absolute Gasteiger partial charge is 0.396 e. The molecule has 1 heterocycles. The number of aliphatic hydroxyl groups is 1. The van der Waals surface area contributed by atoms with Gasteiger partial charge in [-0.25, -0.2) is 0 Å². The van der Waals surface area contributed by atoms with Gasteiger partial charge in [0.25, 0.3) is 10.0 Å². The summed E-state index contributed by atoms with van der Waals surface area (Å²) in [5.74, 6) is 0. The van der Waals surface area contributed by atoms with Gasteiger partial charge in [-0.1, -0.05) is 22.9 Å². The summed E-state index contributed by atoms with van der Waals surface area (Å²) < 4.78 is 25.1. The second kappa shape index (κ2) is 4.87. The molecule has 1 aromatic carbocycles. The molecule has 0 spiro atoms. The Labute approximate surface area is 105 Å². The highest BCUT2D eigenvalue weighted by Crippen LogP contribution is 2.13. The highest BCUT2D eigenvalue weighted by molar-refractivity contribution is 7.89. The fourth-order valence-corrected chi connectivity index (χ4v) is 2.53. The third kappa shape index (κ3) is 2.41. The Kier molecular flexibility index (Phi) is 3.44. The van der Waals surface area contributed by atoms with Crippen LogP contribution in [0, 0.1) is 6.92 Å². The quantitative estimate of drug-likeness (QED) is 0.864. The van der Waals surface area contributed by atoms with Crippen molar-refractivity contribution in [2.45, 2.75) is 18.2 Å². The van der Waals surface area contributed by atoms with Gasteiger partial charge in [0.1, 0.15) is 0 Å². The van der Waals surface area contributed by atoms with Crippen molar-refractivity contribution in [1.29, 1.82) is 0 Å². The number of aliphatic hydroxyl groups excluding tert-OH is 1. The van der Waals surface area contributed by atoms with Crippen molar-refractivity contribution in [2.75, 3.05) is 6.61 Å². The van der Waals surface area contributed by atoms with E-state index >= 15 is 0 Å². The highest BCUT2D eigenvalue weighted by atomic mass is 32.2. The lowest BCUT2D eigenvalue weighted by Gasteiger charge is -2.03. The molecule has 1 N–H and O–H groups in total. The van der Waals surface area contributed by atoms with E-state index < -0.39 is 10.0 Å². The van der Waals surface area contributed by atoms with Crippen LogP contribution < -0.4 is 0 Å². The Morgan fingerprint density at radius 3 is 2.56 bits per heavy atom. The Balaban J connectivity index is 2.38. The van der Waals surface area contributed by atoms with E-state index in [-0.39, 0.29) is 17.9 Å². The molecule has 0 saturated heterocycles. The molecule has 0 bridgehead atoms. The lowest BCUT2D eigenvalue weighted by atomic mass is 10.2. The van der Waals surface area contributed by atoms with E-state index in [2.05, 4.69) is 10.3 Å². The van der Waals surface area contributed by atoms with Gasteiger partial charge in [0.15, 0.2) is 0 Å². The van der Waals surface area contributed by atoms with Gasteiger partial charge in [0, 0.05) is 13.0 Å². The summed E-state index contributed by atoms with van der Waals surface area (Å²) in [6.07, 6.45) is 1.59. The second-order valence-electron chi connectivity index (χ2n) is 3.87. The molecule has 7 heteroatoms. The SMILES string of the molecule is Cc1ccc(S(=O)(=O)n2cc(CCO)nn2)cc1. The number of aryl methyl sites for hydroxylation is 1. The molecule has 0 radical (unpaired) electrons. The van der Waals surface area contributed by atoms with Crippen LogP contribution in [0.5, 0.6) is 0 Å². The third-order valence-electron chi connectivity index (χ3n) is 2.45. The van der Waals surface area contributed by atoms with Crippen molar-refractivity contribution in [3.63, 3.8) is 0 Å². The van der Waals surface area contributed by atoms with Crippen LogP contribution >= 0.6 is 0 Å². The van der Waals surface area contributed by atoms with Gasteiger partial charge in [-0.15, -0.1) is 9.19 Å². The maximum absolute atomic E-state index is 12.2. The van der Waals surface area contributed by atoms with Crippen molar-refractivity contribution in [3.05, 3.63) is 41.7 Å². The minimum Gasteiger partial charge on any atom is -0.396 e. The molecule has 96 valence electrons. The third-order valence-corrected chi connectivity index (χ3v) is 3.99. The Morgan fingerprint density at radius 1 is 1.28 bits per heavy atom. The van der Waals surface area contributed by atoms with Crippen molar-refractivity contribution >= 4 is 10.0 Å². The molecule has 2 aromatic rings. The molecular weight excluding hydrogens is 254 g/mol. The summed E-state index contributed by atoms with van der Waals surface area (Å²) in [5.41, 5.74) is 1.42. The lowest BCUT2D eigenvalue weighted by molar-refractivity contribution is 0.298. The van der Waals surface area contributed by atoms with Crippen molar-refractivity contribution in [1.82, 2.24) is 14.4 Å². The second-order valence-corrected chi connectivity index (χ2v) is 5.67. The van der Waals surface area contributed by atoms with Gasteiger partial charge >= 0.3 is 0 Å². The van der Waals surface area contributed by atoms with Crippen molar-refractivity contribution in [2.24, 2.45) is 0 Å².